The van der Waals surface area contributed by atoms with Crippen LogP contribution in [0.1, 0.15) is 36.5 Å². The number of hydrogen-bond acceptors (Lipinski definition) is 4. The number of amides is 1. The van der Waals surface area contributed by atoms with Crippen LogP contribution in [0, 0.1) is 0 Å². The predicted molar refractivity (Wildman–Crippen MR) is 81.0 cm³/mol. The summed E-state index contributed by atoms with van der Waals surface area (Å²) in [4.78, 5) is 18.8. The summed E-state index contributed by atoms with van der Waals surface area (Å²) in [5.41, 5.74) is 0.626. The first-order chi connectivity index (χ1) is 9.72. The normalized spacial score (nSPS) is 19.0. The molecule has 0 bridgehead atoms. The smallest absolute Gasteiger partial charge is 0.255 e. The number of hydrogen-bond donors (Lipinski definition) is 2. The highest BCUT2D eigenvalue weighted by molar-refractivity contribution is 5.98. The first kappa shape index (κ1) is 14.8. The van der Waals surface area contributed by atoms with E-state index in [2.05, 4.69) is 34.5 Å². The molecule has 0 aliphatic carbocycles. The number of nitrogens with one attached hydrogen (secondary N) is 2. The second-order valence-electron chi connectivity index (χ2n) is 5.31. The zero-order valence-electron chi connectivity index (χ0n) is 12.4. The lowest BCUT2D eigenvalue weighted by Crippen LogP contribution is -2.38. The van der Waals surface area contributed by atoms with Gasteiger partial charge >= 0.3 is 0 Å². The first-order valence-electron chi connectivity index (χ1n) is 7.39. The molecule has 20 heavy (non-hydrogen) atoms. The Labute approximate surface area is 120 Å². The molecule has 5 heteroatoms. The number of aromatic nitrogens is 1. The van der Waals surface area contributed by atoms with Crippen molar-refractivity contribution in [3.63, 3.8) is 0 Å². The number of pyridine rings is 1. The van der Waals surface area contributed by atoms with Gasteiger partial charge in [-0.2, -0.15) is 0 Å². The van der Waals surface area contributed by atoms with E-state index in [-0.39, 0.29) is 5.91 Å². The molecule has 1 unspecified atom stereocenters. The molecule has 1 saturated heterocycles. The van der Waals surface area contributed by atoms with Gasteiger partial charge in [0.1, 0.15) is 5.82 Å². The van der Waals surface area contributed by atoms with Crippen molar-refractivity contribution in [2.45, 2.75) is 32.2 Å². The molecule has 1 aliphatic rings. The summed E-state index contributed by atoms with van der Waals surface area (Å²) in [7, 11) is 2.11. The van der Waals surface area contributed by atoms with Gasteiger partial charge in [-0.25, -0.2) is 4.98 Å². The number of likely N-dealkylation sites (N-methyl/N-ethyl adjacent to an activating group) is 1. The van der Waals surface area contributed by atoms with Crippen molar-refractivity contribution < 1.29 is 4.79 Å². The minimum Gasteiger partial charge on any atom is -0.369 e. The first-order valence-corrected chi connectivity index (χ1v) is 7.39. The van der Waals surface area contributed by atoms with Crippen LogP contribution in [-0.2, 0) is 0 Å². The Hall–Kier alpha value is -1.62. The highest BCUT2D eigenvalue weighted by atomic mass is 16.1. The molecule has 110 valence electrons. The monoisotopic (exact) mass is 276 g/mol. The minimum atomic E-state index is -0.0444. The van der Waals surface area contributed by atoms with E-state index >= 15 is 0 Å². The van der Waals surface area contributed by atoms with Gasteiger partial charge in [-0.05, 0) is 45.0 Å². The van der Waals surface area contributed by atoms with Crippen LogP contribution in [-0.4, -0.2) is 48.5 Å². The van der Waals surface area contributed by atoms with Crippen molar-refractivity contribution in [3.8, 4) is 0 Å². The average Bonchev–Trinajstić information content (AvgIpc) is 2.88. The molecular weight excluding hydrogens is 252 g/mol. The third kappa shape index (κ3) is 3.70. The van der Waals surface area contributed by atoms with Gasteiger partial charge in [-0.3, -0.25) is 4.79 Å². The number of anilines is 1. The summed E-state index contributed by atoms with van der Waals surface area (Å²) in [6.45, 7) is 4.74. The van der Waals surface area contributed by atoms with Crippen LogP contribution in [0.25, 0.3) is 0 Å². The molecule has 0 saturated carbocycles. The van der Waals surface area contributed by atoms with Crippen LogP contribution in [0.5, 0.6) is 0 Å². The second kappa shape index (κ2) is 7.24. The molecule has 1 amide bonds. The van der Waals surface area contributed by atoms with Crippen LogP contribution in [0.3, 0.4) is 0 Å². The Kier molecular flexibility index (Phi) is 5.35. The van der Waals surface area contributed by atoms with Crippen LogP contribution in [0.15, 0.2) is 18.3 Å². The van der Waals surface area contributed by atoms with Gasteiger partial charge in [-0.15, -0.1) is 0 Å². The van der Waals surface area contributed by atoms with E-state index in [1.54, 1.807) is 12.3 Å². The SMILES string of the molecule is CCCNc1ncccc1C(=O)NCC1CCCN1C. The van der Waals surface area contributed by atoms with Gasteiger partial charge in [0.05, 0.1) is 5.56 Å². The van der Waals surface area contributed by atoms with E-state index in [4.69, 9.17) is 0 Å². The Morgan fingerprint density at radius 1 is 1.55 bits per heavy atom. The zero-order valence-corrected chi connectivity index (χ0v) is 12.4. The number of nitrogens with zero attached hydrogens (tertiary/aromatic N) is 2. The highest BCUT2D eigenvalue weighted by Gasteiger charge is 2.21. The highest BCUT2D eigenvalue weighted by Crippen LogP contribution is 2.15. The van der Waals surface area contributed by atoms with Gasteiger partial charge in [0.15, 0.2) is 0 Å². The fourth-order valence-corrected chi connectivity index (χ4v) is 2.52. The molecule has 0 radical (unpaired) electrons. The average molecular weight is 276 g/mol. The maximum atomic E-state index is 12.3. The van der Waals surface area contributed by atoms with E-state index < -0.39 is 0 Å². The number of rotatable bonds is 6. The van der Waals surface area contributed by atoms with E-state index in [9.17, 15) is 4.79 Å². The van der Waals surface area contributed by atoms with Gasteiger partial charge < -0.3 is 15.5 Å². The number of carbonyl (C=O) groups is 1. The van der Waals surface area contributed by atoms with Gasteiger partial charge in [0, 0.05) is 25.3 Å². The van der Waals surface area contributed by atoms with Crippen LogP contribution >= 0.6 is 0 Å². The molecule has 1 aromatic heterocycles. The van der Waals surface area contributed by atoms with Gasteiger partial charge in [0.2, 0.25) is 0 Å². The second-order valence-corrected chi connectivity index (χ2v) is 5.31. The maximum Gasteiger partial charge on any atom is 0.255 e. The number of likely N-dealkylation sites (tertiary alicyclic amines) is 1. The van der Waals surface area contributed by atoms with Crippen molar-refractivity contribution in [1.82, 2.24) is 15.2 Å². The molecule has 1 atom stereocenters. The van der Waals surface area contributed by atoms with Gasteiger partial charge in [-0.1, -0.05) is 6.92 Å². The lowest BCUT2D eigenvalue weighted by molar-refractivity contribution is 0.0944. The molecule has 1 fully saturated rings. The minimum absolute atomic E-state index is 0.0444. The fourth-order valence-electron chi connectivity index (χ4n) is 2.52. The van der Waals surface area contributed by atoms with Crippen LogP contribution < -0.4 is 10.6 Å². The number of carbonyl (C=O) groups excluding carboxylic acids is 1. The van der Waals surface area contributed by atoms with Crippen molar-refractivity contribution in [3.05, 3.63) is 23.9 Å². The molecule has 2 heterocycles. The largest absolute Gasteiger partial charge is 0.369 e. The fraction of sp³-hybridized carbons (Fsp3) is 0.600. The molecular formula is C15H24N4O. The summed E-state index contributed by atoms with van der Waals surface area (Å²) in [6, 6.07) is 4.08. The zero-order chi connectivity index (χ0) is 14.4. The third-order valence-corrected chi connectivity index (χ3v) is 3.76. The molecule has 1 aliphatic heterocycles. The van der Waals surface area contributed by atoms with E-state index in [0.29, 0.717) is 24.0 Å². The van der Waals surface area contributed by atoms with Crippen molar-refractivity contribution in [2.24, 2.45) is 0 Å². The summed E-state index contributed by atoms with van der Waals surface area (Å²) in [5, 5.41) is 6.23. The van der Waals surface area contributed by atoms with Crippen molar-refractivity contribution in [2.75, 3.05) is 32.0 Å². The molecule has 0 spiro atoms. The van der Waals surface area contributed by atoms with Crippen molar-refractivity contribution in [1.29, 1.82) is 0 Å². The maximum absolute atomic E-state index is 12.3. The molecule has 2 N–H and O–H groups in total. The summed E-state index contributed by atoms with van der Waals surface area (Å²) in [6.07, 6.45) is 5.09. The standard InChI is InChI=1S/C15H24N4O/c1-3-8-16-14-13(7-4-9-17-14)15(20)18-11-12-6-5-10-19(12)2/h4,7,9,12H,3,5-6,8,10-11H2,1-2H3,(H,16,17)(H,18,20). The van der Waals surface area contributed by atoms with Crippen molar-refractivity contribution >= 4 is 11.7 Å². The van der Waals surface area contributed by atoms with Gasteiger partial charge in [0.25, 0.3) is 5.91 Å². The Morgan fingerprint density at radius 2 is 2.40 bits per heavy atom. The third-order valence-electron chi connectivity index (χ3n) is 3.76. The van der Waals surface area contributed by atoms with E-state index in [0.717, 1.165) is 25.9 Å². The molecule has 0 aromatic carbocycles. The Balaban J connectivity index is 1.94. The van der Waals surface area contributed by atoms with E-state index in [1.165, 1.54) is 6.42 Å². The topological polar surface area (TPSA) is 57.3 Å². The Morgan fingerprint density at radius 3 is 3.10 bits per heavy atom. The Bertz CT molecular complexity index is 449. The molecule has 5 nitrogen and oxygen atoms in total. The summed E-state index contributed by atoms with van der Waals surface area (Å²) in [5.74, 6) is 0.628. The molecule has 2 rings (SSSR count). The van der Waals surface area contributed by atoms with Crippen LogP contribution in [0.4, 0.5) is 5.82 Å². The summed E-state index contributed by atoms with van der Waals surface area (Å²) < 4.78 is 0. The van der Waals surface area contributed by atoms with E-state index in [1.807, 2.05) is 6.07 Å². The summed E-state index contributed by atoms with van der Waals surface area (Å²) >= 11 is 0. The molecule has 1 aromatic rings. The quantitative estimate of drug-likeness (QED) is 0.831. The lowest BCUT2D eigenvalue weighted by atomic mass is 10.2. The van der Waals surface area contributed by atoms with Crippen LogP contribution in [0.2, 0.25) is 0 Å². The predicted octanol–water partition coefficient (Wildman–Crippen LogP) is 1.73. The lowest BCUT2D eigenvalue weighted by Gasteiger charge is -2.20.